The zero-order chi connectivity index (χ0) is 9.10. The maximum atomic E-state index is 5.44. The van der Waals surface area contributed by atoms with Gasteiger partial charge in [0.05, 0.1) is 6.61 Å². The molecule has 2 atom stereocenters. The maximum Gasteiger partial charge on any atom is 0.0622 e. The van der Waals surface area contributed by atoms with Crippen LogP contribution in [-0.2, 0) is 4.74 Å². The fourth-order valence-electron chi connectivity index (χ4n) is 2.42. The van der Waals surface area contributed by atoms with Gasteiger partial charge in [-0.2, -0.15) is 0 Å². The van der Waals surface area contributed by atoms with Crippen LogP contribution in [0, 0.1) is 0 Å². The molecule has 2 aliphatic rings. The van der Waals surface area contributed by atoms with Crippen molar-refractivity contribution in [3.63, 3.8) is 0 Å². The van der Waals surface area contributed by atoms with Crippen LogP contribution in [0.2, 0.25) is 0 Å². The van der Waals surface area contributed by atoms with Gasteiger partial charge in [0.2, 0.25) is 0 Å². The second-order valence-electron chi connectivity index (χ2n) is 4.02. The van der Waals surface area contributed by atoms with Crippen LogP contribution in [-0.4, -0.2) is 49.8 Å². The monoisotopic (exact) mass is 184 g/mol. The van der Waals surface area contributed by atoms with Gasteiger partial charge < -0.3 is 10.1 Å². The average molecular weight is 184 g/mol. The first-order valence-corrected chi connectivity index (χ1v) is 5.46. The number of nitrogens with one attached hydrogen (secondary N) is 1. The molecule has 0 spiro atoms. The molecule has 13 heavy (non-hydrogen) atoms. The minimum atomic E-state index is 0.701. The van der Waals surface area contributed by atoms with E-state index in [1.54, 1.807) is 0 Å². The summed E-state index contributed by atoms with van der Waals surface area (Å²) in [5.41, 5.74) is 0. The summed E-state index contributed by atoms with van der Waals surface area (Å²) in [7, 11) is 0. The van der Waals surface area contributed by atoms with E-state index in [0.717, 1.165) is 32.3 Å². The normalized spacial score (nSPS) is 36.7. The van der Waals surface area contributed by atoms with Gasteiger partial charge in [-0.25, -0.2) is 0 Å². The van der Waals surface area contributed by atoms with Crippen molar-refractivity contribution in [3.8, 4) is 0 Å². The molecular formula is C10H20N2O. The van der Waals surface area contributed by atoms with Crippen molar-refractivity contribution in [1.29, 1.82) is 0 Å². The van der Waals surface area contributed by atoms with Gasteiger partial charge in [-0.15, -0.1) is 0 Å². The molecule has 2 unspecified atom stereocenters. The number of hydrogen-bond donors (Lipinski definition) is 1. The van der Waals surface area contributed by atoms with E-state index in [4.69, 9.17) is 4.74 Å². The minimum Gasteiger partial charge on any atom is -0.380 e. The van der Waals surface area contributed by atoms with Gasteiger partial charge in [0.1, 0.15) is 0 Å². The zero-order valence-electron chi connectivity index (χ0n) is 8.46. The van der Waals surface area contributed by atoms with E-state index in [9.17, 15) is 0 Å². The lowest BCUT2D eigenvalue weighted by molar-refractivity contribution is 0.0872. The molecule has 76 valence electrons. The van der Waals surface area contributed by atoms with E-state index in [2.05, 4.69) is 17.1 Å². The molecule has 2 aliphatic heterocycles. The largest absolute Gasteiger partial charge is 0.380 e. The molecule has 3 nitrogen and oxygen atoms in total. The molecule has 0 bridgehead atoms. The van der Waals surface area contributed by atoms with Gasteiger partial charge >= 0.3 is 0 Å². The summed E-state index contributed by atoms with van der Waals surface area (Å²) >= 11 is 0. The van der Waals surface area contributed by atoms with Gasteiger partial charge in [0, 0.05) is 38.3 Å². The van der Waals surface area contributed by atoms with Crippen molar-refractivity contribution in [3.05, 3.63) is 0 Å². The van der Waals surface area contributed by atoms with Gasteiger partial charge in [0.15, 0.2) is 0 Å². The van der Waals surface area contributed by atoms with Crippen molar-refractivity contribution < 1.29 is 4.74 Å². The number of hydrogen-bond acceptors (Lipinski definition) is 3. The summed E-state index contributed by atoms with van der Waals surface area (Å²) < 4.78 is 5.44. The Morgan fingerprint density at radius 2 is 2.46 bits per heavy atom. The molecule has 0 radical (unpaired) electrons. The summed E-state index contributed by atoms with van der Waals surface area (Å²) in [6, 6.07) is 1.44. The topological polar surface area (TPSA) is 24.5 Å². The first-order chi connectivity index (χ1) is 6.42. The van der Waals surface area contributed by atoms with Crippen LogP contribution in [0.15, 0.2) is 0 Å². The highest BCUT2D eigenvalue weighted by Crippen LogP contribution is 2.18. The first-order valence-electron chi connectivity index (χ1n) is 5.46. The Bertz CT molecular complexity index is 155. The van der Waals surface area contributed by atoms with Crippen molar-refractivity contribution in [2.45, 2.75) is 31.8 Å². The lowest BCUT2D eigenvalue weighted by atomic mass is 10.1. The van der Waals surface area contributed by atoms with Crippen molar-refractivity contribution in [2.24, 2.45) is 0 Å². The maximum absolute atomic E-state index is 5.44. The third-order valence-electron chi connectivity index (χ3n) is 3.24. The standard InChI is InChI=1S/C10H20N2O/c1-2-9-7-11-4-5-12(9)10-3-6-13-8-10/h9-11H,2-8H2,1H3. The molecule has 1 N–H and O–H groups in total. The lowest BCUT2D eigenvalue weighted by Crippen LogP contribution is -2.55. The van der Waals surface area contributed by atoms with E-state index in [1.165, 1.54) is 19.4 Å². The van der Waals surface area contributed by atoms with Crippen molar-refractivity contribution in [2.75, 3.05) is 32.8 Å². The molecule has 2 heterocycles. The fraction of sp³-hybridized carbons (Fsp3) is 1.00. The quantitative estimate of drug-likeness (QED) is 0.675. The molecule has 0 amide bonds. The van der Waals surface area contributed by atoms with Crippen LogP contribution < -0.4 is 5.32 Å². The Morgan fingerprint density at radius 3 is 3.15 bits per heavy atom. The molecule has 0 aliphatic carbocycles. The van der Waals surface area contributed by atoms with Crippen molar-refractivity contribution >= 4 is 0 Å². The van der Waals surface area contributed by atoms with Gasteiger partial charge in [0.25, 0.3) is 0 Å². The van der Waals surface area contributed by atoms with Crippen LogP contribution in [0.5, 0.6) is 0 Å². The summed E-state index contributed by atoms with van der Waals surface area (Å²) in [5, 5.41) is 3.46. The van der Waals surface area contributed by atoms with Crippen LogP contribution >= 0.6 is 0 Å². The van der Waals surface area contributed by atoms with Crippen LogP contribution in [0.4, 0.5) is 0 Å². The summed E-state index contributed by atoms with van der Waals surface area (Å²) in [6.45, 7) is 7.70. The number of piperazine rings is 1. The van der Waals surface area contributed by atoms with Gasteiger partial charge in [-0.05, 0) is 12.8 Å². The van der Waals surface area contributed by atoms with E-state index >= 15 is 0 Å². The third-order valence-corrected chi connectivity index (χ3v) is 3.24. The molecular weight excluding hydrogens is 164 g/mol. The highest BCUT2D eigenvalue weighted by Gasteiger charge is 2.29. The van der Waals surface area contributed by atoms with Crippen LogP contribution in [0.25, 0.3) is 0 Å². The molecule has 0 saturated carbocycles. The molecule has 2 fully saturated rings. The smallest absolute Gasteiger partial charge is 0.0622 e. The number of nitrogens with zero attached hydrogens (tertiary/aromatic N) is 1. The number of rotatable bonds is 2. The average Bonchev–Trinajstić information content (AvgIpc) is 2.70. The van der Waals surface area contributed by atoms with Gasteiger partial charge in [-0.1, -0.05) is 6.92 Å². The summed E-state index contributed by atoms with van der Waals surface area (Å²) in [4.78, 5) is 2.64. The second kappa shape index (κ2) is 4.40. The molecule has 0 aromatic heterocycles. The Balaban J connectivity index is 1.93. The highest BCUT2D eigenvalue weighted by molar-refractivity contribution is 4.85. The summed E-state index contributed by atoms with van der Waals surface area (Å²) in [6.07, 6.45) is 2.49. The second-order valence-corrected chi connectivity index (χ2v) is 4.02. The van der Waals surface area contributed by atoms with Gasteiger partial charge in [-0.3, -0.25) is 4.90 Å². The van der Waals surface area contributed by atoms with Crippen LogP contribution in [0.3, 0.4) is 0 Å². The Hall–Kier alpha value is -0.120. The zero-order valence-corrected chi connectivity index (χ0v) is 8.46. The van der Waals surface area contributed by atoms with Crippen LogP contribution in [0.1, 0.15) is 19.8 Å². The SMILES string of the molecule is CCC1CNCCN1C1CCOC1. The molecule has 2 saturated heterocycles. The lowest BCUT2D eigenvalue weighted by Gasteiger charge is -2.39. The van der Waals surface area contributed by atoms with E-state index in [-0.39, 0.29) is 0 Å². The molecule has 2 rings (SSSR count). The fourth-order valence-corrected chi connectivity index (χ4v) is 2.42. The predicted octanol–water partition coefficient (Wildman–Crippen LogP) is 0.459. The van der Waals surface area contributed by atoms with E-state index < -0.39 is 0 Å². The Morgan fingerprint density at radius 1 is 1.54 bits per heavy atom. The highest BCUT2D eigenvalue weighted by atomic mass is 16.5. The predicted molar refractivity (Wildman–Crippen MR) is 52.9 cm³/mol. The minimum absolute atomic E-state index is 0.701. The Labute approximate surface area is 80.4 Å². The molecule has 0 aromatic carbocycles. The van der Waals surface area contributed by atoms with Crippen molar-refractivity contribution in [1.82, 2.24) is 10.2 Å². The third kappa shape index (κ3) is 2.03. The number of ether oxygens (including phenoxy) is 1. The Kier molecular flexibility index (Phi) is 3.19. The molecule has 3 heteroatoms. The summed E-state index contributed by atoms with van der Waals surface area (Å²) in [5.74, 6) is 0. The van der Waals surface area contributed by atoms with E-state index in [1.807, 2.05) is 0 Å². The van der Waals surface area contributed by atoms with E-state index in [0.29, 0.717) is 6.04 Å². The molecule has 0 aromatic rings. The first kappa shape index (κ1) is 9.44.